The molecule has 5 heteroatoms. The van der Waals surface area contributed by atoms with Gasteiger partial charge in [0.25, 0.3) is 0 Å². The summed E-state index contributed by atoms with van der Waals surface area (Å²) in [7, 11) is 1.58. The zero-order valence-electron chi connectivity index (χ0n) is 12.1. The van der Waals surface area contributed by atoms with Crippen LogP contribution in [0.1, 0.15) is 30.1 Å². The van der Waals surface area contributed by atoms with Crippen molar-refractivity contribution in [3.63, 3.8) is 0 Å². The predicted octanol–water partition coefficient (Wildman–Crippen LogP) is 2.29. The van der Waals surface area contributed by atoms with E-state index in [2.05, 4.69) is 17.1 Å². The van der Waals surface area contributed by atoms with Crippen LogP contribution in [-0.2, 0) is 0 Å². The summed E-state index contributed by atoms with van der Waals surface area (Å²) < 4.78 is 5.15. The zero-order valence-corrected chi connectivity index (χ0v) is 12.1. The van der Waals surface area contributed by atoms with Gasteiger partial charge in [-0.15, -0.1) is 0 Å². The maximum atomic E-state index is 11.2. The summed E-state index contributed by atoms with van der Waals surface area (Å²) >= 11 is 0. The van der Waals surface area contributed by atoms with E-state index in [9.17, 15) is 9.90 Å². The Kier molecular flexibility index (Phi) is 4.84. The summed E-state index contributed by atoms with van der Waals surface area (Å²) in [6, 6.07) is 5.37. The van der Waals surface area contributed by atoms with Crippen LogP contribution in [0.4, 0.5) is 5.69 Å². The number of benzene rings is 1. The number of nitrogens with one attached hydrogen (secondary N) is 1. The van der Waals surface area contributed by atoms with Gasteiger partial charge in [-0.1, -0.05) is 0 Å². The van der Waals surface area contributed by atoms with Crippen LogP contribution in [0.25, 0.3) is 0 Å². The molecular formula is C15H22N2O3. The molecule has 20 heavy (non-hydrogen) atoms. The number of hydrogen-bond acceptors (Lipinski definition) is 4. The van der Waals surface area contributed by atoms with Gasteiger partial charge in [-0.25, -0.2) is 4.79 Å². The third-order valence-corrected chi connectivity index (χ3v) is 3.81. The molecule has 2 rings (SSSR count). The molecule has 110 valence electrons. The number of anilines is 1. The second kappa shape index (κ2) is 6.61. The van der Waals surface area contributed by atoms with Crippen LogP contribution in [0.3, 0.4) is 0 Å². The molecule has 2 N–H and O–H groups in total. The van der Waals surface area contributed by atoms with Gasteiger partial charge >= 0.3 is 5.97 Å². The van der Waals surface area contributed by atoms with Crippen LogP contribution in [0.2, 0.25) is 0 Å². The highest BCUT2D eigenvalue weighted by molar-refractivity contribution is 5.94. The summed E-state index contributed by atoms with van der Waals surface area (Å²) in [5, 5.41) is 12.5. The Morgan fingerprint density at radius 1 is 1.45 bits per heavy atom. The van der Waals surface area contributed by atoms with Crippen LogP contribution < -0.4 is 10.1 Å². The summed E-state index contributed by atoms with van der Waals surface area (Å²) in [4.78, 5) is 13.7. The Morgan fingerprint density at radius 3 is 2.75 bits per heavy atom. The van der Waals surface area contributed by atoms with Crippen molar-refractivity contribution in [3.05, 3.63) is 23.8 Å². The van der Waals surface area contributed by atoms with Gasteiger partial charge in [0.2, 0.25) is 0 Å². The first-order valence-electron chi connectivity index (χ1n) is 7.01. The first-order valence-corrected chi connectivity index (χ1v) is 7.01. The third kappa shape index (κ3) is 3.42. The van der Waals surface area contributed by atoms with Crippen molar-refractivity contribution in [2.24, 2.45) is 0 Å². The van der Waals surface area contributed by atoms with Gasteiger partial charge in [0.15, 0.2) is 0 Å². The van der Waals surface area contributed by atoms with Gasteiger partial charge in [-0.3, -0.25) is 4.90 Å². The van der Waals surface area contributed by atoms with Crippen LogP contribution >= 0.6 is 0 Å². The summed E-state index contributed by atoms with van der Waals surface area (Å²) in [5.41, 5.74) is 0.891. The van der Waals surface area contributed by atoms with Gasteiger partial charge in [0.05, 0.1) is 18.4 Å². The molecule has 1 unspecified atom stereocenters. The molecule has 0 aromatic heterocycles. The van der Waals surface area contributed by atoms with Gasteiger partial charge in [-0.2, -0.15) is 0 Å². The Morgan fingerprint density at radius 2 is 2.15 bits per heavy atom. The fourth-order valence-corrected chi connectivity index (χ4v) is 2.55. The minimum atomic E-state index is -0.927. The number of likely N-dealkylation sites (tertiary alicyclic amines) is 1. The molecule has 1 aromatic rings. The molecule has 1 aromatic carbocycles. The standard InChI is InChI=1S/C15H22N2O3/c1-11(17-7-3-4-8-17)10-16-14-9-12(20-2)5-6-13(14)15(18)19/h5-6,9,11,16H,3-4,7-8,10H2,1-2H3,(H,18,19). The number of carbonyl (C=O) groups is 1. The molecule has 1 heterocycles. The molecule has 0 bridgehead atoms. The first-order chi connectivity index (χ1) is 9.61. The molecule has 0 radical (unpaired) electrons. The zero-order chi connectivity index (χ0) is 14.5. The number of hydrogen-bond donors (Lipinski definition) is 2. The van der Waals surface area contributed by atoms with E-state index in [-0.39, 0.29) is 5.56 Å². The van der Waals surface area contributed by atoms with Gasteiger partial charge < -0.3 is 15.2 Å². The van der Waals surface area contributed by atoms with Crippen LogP contribution in [0, 0.1) is 0 Å². The lowest BCUT2D eigenvalue weighted by molar-refractivity contribution is 0.0698. The summed E-state index contributed by atoms with van der Waals surface area (Å²) in [5.74, 6) is -0.268. The number of aromatic carboxylic acids is 1. The highest BCUT2D eigenvalue weighted by Crippen LogP contribution is 2.23. The Labute approximate surface area is 119 Å². The van der Waals surface area contributed by atoms with Crippen LogP contribution in [-0.4, -0.2) is 48.8 Å². The fourth-order valence-electron chi connectivity index (χ4n) is 2.55. The lowest BCUT2D eigenvalue weighted by Crippen LogP contribution is -2.35. The van der Waals surface area contributed by atoms with Crippen molar-refractivity contribution in [1.82, 2.24) is 4.90 Å². The number of rotatable bonds is 6. The van der Waals surface area contributed by atoms with Crippen molar-refractivity contribution in [3.8, 4) is 5.75 Å². The second-order valence-electron chi connectivity index (χ2n) is 5.19. The normalized spacial score (nSPS) is 16.9. The molecule has 1 aliphatic heterocycles. The lowest BCUT2D eigenvalue weighted by atomic mass is 10.1. The van der Waals surface area contributed by atoms with Crippen molar-refractivity contribution < 1.29 is 14.6 Å². The highest BCUT2D eigenvalue weighted by Gasteiger charge is 2.18. The molecule has 1 aliphatic rings. The Balaban J connectivity index is 2.04. The number of nitrogens with zero attached hydrogens (tertiary/aromatic N) is 1. The van der Waals surface area contributed by atoms with E-state index in [1.165, 1.54) is 12.8 Å². The first kappa shape index (κ1) is 14.7. The number of carboxylic acids is 1. The SMILES string of the molecule is COc1ccc(C(=O)O)c(NCC(C)N2CCCC2)c1. The molecule has 5 nitrogen and oxygen atoms in total. The minimum absolute atomic E-state index is 0.277. The molecule has 0 amide bonds. The van der Waals surface area contributed by atoms with E-state index >= 15 is 0 Å². The van der Waals surface area contributed by atoms with Crippen molar-refractivity contribution in [2.75, 3.05) is 32.1 Å². The largest absolute Gasteiger partial charge is 0.497 e. The summed E-state index contributed by atoms with van der Waals surface area (Å²) in [6.45, 7) is 5.16. The van der Waals surface area contributed by atoms with E-state index < -0.39 is 5.97 Å². The van der Waals surface area contributed by atoms with E-state index in [0.29, 0.717) is 17.5 Å². The number of methoxy groups -OCH3 is 1. The predicted molar refractivity (Wildman–Crippen MR) is 78.7 cm³/mol. The summed E-state index contributed by atoms with van der Waals surface area (Å²) in [6.07, 6.45) is 2.51. The monoisotopic (exact) mass is 278 g/mol. The van der Waals surface area contributed by atoms with Crippen LogP contribution in [0.15, 0.2) is 18.2 Å². The van der Waals surface area contributed by atoms with Gasteiger partial charge in [0.1, 0.15) is 5.75 Å². The van der Waals surface area contributed by atoms with E-state index in [0.717, 1.165) is 19.6 Å². The van der Waals surface area contributed by atoms with E-state index in [1.54, 1.807) is 25.3 Å². The highest BCUT2D eigenvalue weighted by atomic mass is 16.5. The molecule has 0 saturated carbocycles. The Bertz CT molecular complexity index is 470. The van der Waals surface area contributed by atoms with E-state index in [4.69, 9.17) is 4.74 Å². The van der Waals surface area contributed by atoms with Gasteiger partial charge in [0, 0.05) is 18.7 Å². The maximum absolute atomic E-state index is 11.2. The minimum Gasteiger partial charge on any atom is -0.497 e. The second-order valence-corrected chi connectivity index (χ2v) is 5.19. The van der Waals surface area contributed by atoms with Crippen LogP contribution in [0.5, 0.6) is 5.75 Å². The Hall–Kier alpha value is -1.75. The lowest BCUT2D eigenvalue weighted by Gasteiger charge is -2.24. The fraction of sp³-hybridized carbons (Fsp3) is 0.533. The van der Waals surface area contributed by atoms with E-state index in [1.807, 2.05) is 0 Å². The van der Waals surface area contributed by atoms with Crippen molar-refractivity contribution >= 4 is 11.7 Å². The van der Waals surface area contributed by atoms with Crippen molar-refractivity contribution in [1.29, 1.82) is 0 Å². The molecular weight excluding hydrogens is 256 g/mol. The smallest absolute Gasteiger partial charge is 0.337 e. The maximum Gasteiger partial charge on any atom is 0.337 e. The average molecular weight is 278 g/mol. The molecule has 0 spiro atoms. The topological polar surface area (TPSA) is 61.8 Å². The average Bonchev–Trinajstić information content (AvgIpc) is 2.98. The number of carboxylic acid groups (broad SMARTS) is 1. The molecule has 1 saturated heterocycles. The molecule has 0 aliphatic carbocycles. The third-order valence-electron chi connectivity index (χ3n) is 3.81. The van der Waals surface area contributed by atoms with Crippen molar-refractivity contribution in [2.45, 2.75) is 25.8 Å². The molecule has 1 fully saturated rings. The number of ether oxygens (including phenoxy) is 1. The van der Waals surface area contributed by atoms with Gasteiger partial charge in [-0.05, 0) is 45.0 Å². The molecule has 1 atom stereocenters. The quantitative estimate of drug-likeness (QED) is 0.836.